The lowest BCUT2D eigenvalue weighted by atomic mass is 9.92. The molecule has 34 nitrogen and oxygen atoms in total. The first kappa shape index (κ1) is 85.9. The van der Waals surface area contributed by atoms with Crippen LogP contribution in [0.25, 0.3) is 0 Å². The number of ether oxygens (including phenoxy) is 7. The smallest absolute Gasteiger partial charge is 0.394 e. The third kappa shape index (κ3) is 26.5. The van der Waals surface area contributed by atoms with Crippen LogP contribution in [-0.2, 0) is 89.2 Å². The van der Waals surface area contributed by atoms with Crippen molar-refractivity contribution in [1.82, 2.24) is 14.7 Å². The highest BCUT2D eigenvalue weighted by atomic mass is 31.2. The molecule has 3 amide bonds. The molecule has 0 aromatic rings. The van der Waals surface area contributed by atoms with E-state index in [-0.39, 0.29) is 165 Å². The first-order valence-corrected chi connectivity index (χ1v) is 38.1. The molecule has 0 saturated carbocycles. The lowest BCUT2D eigenvalue weighted by molar-refractivity contribution is -0.282. The summed E-state index contributed by atoms with van der Waals surface area (Å²) in [6, 6.07) is -2.43. The Morgan fingerprint density at radius 3 is 1.02 bits per heavy atom. The summed E-state index contributed by atoms with van der Waals surface area (Å²) in [7, 11) is -8.54. The number of aliphatic hydroxyl groups excluding tert-OH is 10. The van der Waals surface area contributed by atoms with E-state index >= 15 is 0 Å². The highest BCUT2D eigenvalue weighted by Crippen LogP contribution is 2.50. The second kappa shape index (κ2) is 42.3. The molecule has 6 rings (SSSR count). The number of β-amino-alcohol motifs (C(OH)–C–C–N with tert-alkyl or cyclic N) is 1. The average molecular weight is 1480 g/mol. The molecule has 23 atom stereocenters. The van der Waals surface area contributed by atoms with Crippen LogP contribution in [0.5, 0.6) is 0 Å². The van der Waals surface area contributed by atoms with Gasteiger partial charge in [0.2, 0.25) is 17.7 Å². The van der Waals surface area contributed by atoms with Gasteiger partial charge in [-0.25, -0.2) is 9.13 Å². The Morgan fingerprint density at radius 2 is 0.700 bits per heavy atom. The van der Waals surface area contributed by atoms with Gasteiger partial charge in [0, 0.05) is 102 Å². The van der Waals surface area contributed by atoms with E-state index in [1.807, 2.05) is 0 Å². The van der Waals surface area contributed by atoms with Crippen LogP contribution in [0.3, 0.4) is 0 Å². The maximum Gasteiger partial charge on any atom is 0.472 e. The van der Waals surface area contributed by atoms with E-state index in [2.05, 4.69) is 0 Å². The average Bonchev–Trinajstić information content (AvgIpc) is 1.45. The number of carbonyl (C=O) groups excluding carboxylic acids is 6. The second-order valence-corrected chi connectivity index (χ2v) is 30.1. The van der Waals surface area contributed by atoms with E-state index < -0.39 is 183 Å². The molecule has 0 bridgehead atoms. The largest absolute Gasteiger partial charge is 0.472 e. The molecular weight excluding hydrogens is 1370 g/mol. The van der Waals surface area contributed by atoms with Crippen molar-refractivity contribution >= 4 is 50.7 Å². The minimum absolute atomic E-state index is 0.00411. The van der Waals surface area contributed by atoms with Gasteiger partial charge in [0.05, 0.1) is 114 Å². The summed E-state index contributed by atoms with van der Waals surface area (Å²) in [4.78, 5) is 106. The summed E-state index contributed by atoms with van der Waals surface area (Å²) >= 11 is 0. The summed E-state index contributed by atoms with van der Waals surface area (Å²) in [6.07, 6.45) is -12.6. The van der Waals surface area contributed by atoms with E-state index in [1.54, 1.807) is 20.8 Å². The number of methoxy groups -OCH3 is 1. The van der Waals surface area contributed by atoms with Crippen molar-refractivity contribution in [3.63, 3.8) is 0 Å². The molecule has 0 spiro atoms. The molecular formula is C64H111N3O31P2. The molecule has 0 aliphatic carbocycles. The Morgan fingerprint density at radius 1 is 0.410 bits per heavy atom. The number of aliphatic hydroxyl groups is 10. The number of carbonyl (C=O) groups is 6. The highest BCUT2D eigenvalue weighted by Gasteiger charge is 2.47. The number of phosphoric ester groups is 2. The minimum atomic E-state index is -5.00. The maximum atomic E-state index is 14.0. The van der Waals surface area contributed by atoms with Gasteiger partial charge in [-0.2, -0.15) is 0 Å². The Hall–Kier alpha value is -3.04. The first-order valence-electron chi connectivity index (χ1n) is 35.1. The molecule has 6 aliphatic rings. The molecule has 6 aliphatic heterocycles. The number of hydrogen-bond donors (Lipinski definition) is 12. The minimum Gasteiger partial charge on any atom is -0.394 e. The summed E-state index contributed by atoms with van der Waals surface area (Å²) in [5, 5.41) is 100. The number of hydrogen-bond acceptors (Lipinski definition) is 29. The molecule has 100 heavy (non-hydrogen) atoms. The number of rotatable bonds is 45. The molecule has 9 unspecified atom stereocenters. The lowest BCUT2D eigenvalue weighted by Gasteiger charge is -2.40. The second-order valence-electron chi connectivity index (χ2n) is 27.3. The van der Waals surface area contributed by atoms with Crippen molar-refractivity contribution in [2.75, 3.05) is 86.2 Å². The highest BCUT2D eigenvalue weighted by molar-refractivity contribution is 7.47. The molecule has 0 aromatic carbocycles. The number of phosphoric acid groups is 2. The molecule has 6 fully saturated rings. The van der Waals surface area contributed by atoms with E-state index in [0.717, 1.165) is 0 Å². The third-order valence-electron chi connectivity index (χ3n) is 19.4. The first-order chi connectivity index (χ1) is 47.5. The number of ketones is 3. The summed E-state index contributed by atoms with van der Waals surface area (Å²) < 4.78 is 88.7. The Balaban J connectivity index is 0.959. The van der Waals surface area contributed by atoms with Crippen molar-refractivity contribution < 1.29 is 150 Å². The zero-order valence-corrected chi connectivity index (χ0v) is 59.6. The van der Waals surface area contributed by atoms with Gasteiger partial charge in [-0.05, 0) is 77.0 Å². The van der Waals surface area contributed by atoms with E-state index in [9.17, 15) is 98.7 Å². The van der Waals surface area contributed by atoms with Crippen molar-refractivity contribution in [3.05, 3.63) is 0 Å². The van der Waals surface area contributed by atoms with Crippen molar-refractivity contribution in [3.8, 4) is 0 Å². The molecule has 12 N–H and O–H groups in total. The Labute approximate surface area is 583 Å². The van der Waals surface area contributed by atoms with E-state index in [4.69, 9.17) is 51.3 Å². The fraction of sp³-hybridized carbons (Fsp3) is 0.906. The van der Waals surface area contributed by atoms with Crippen LogP contribution in [0.15, 0.2) is 0 Å². The van der Waals surface area contributed by atoms with Crippen LogP contribution < -0.4 is 0 Å². The normalized spacial score (nSPS) is 33.8. The van der Waals surface area contributed by atoms with E-state index in [1.165, 1.54) is 21.8 Å². The fourth-order valence-corrected chi connectivity index (χ4v) is 15.3. The monoisotopic (exact) mass is 1480 g/mol. The summed E-state index contributed by atoms with van der Waals surface area (Å²) in [5.41, 5.74) is 0. The van der Waals surface area contributed by atoms with Gasteiger partial charge >= 0.3 is 15.6 Å². The number of amides is 3. The SMILES string of the molecule is COC[C@@H]1CC(OP(=O)(O)OC[C@@H]2C[C@@H](OP(=O)(O)OC[C@@H]3C[C@@H](O)CN3C(=O)CCCCC(=O)CCCO[C@@H]3OC(CO)[C@H](O)[C@H](O)C3C)CN2C(=O)CCCCC(=O)CCCO[C@@H]2OC(CO)[C@H](O)[C@H](O)C2C)CN1C(=O)CCCCC(=O)CCCO[C@@H]1OC(CO)[C@H](O)[C@H](O)C1C. The van der Waals surface area contributed by atoms with Crippen LogP contribution in [0, 0.1) is 17.8 Å². The van der Waals surface area contributed by atoms with Crippen LogP contribution in [-0.4, -0.2) is 307 Å². The molecule has 0 radical (unpaired) electrons. The topological polar surface area (TPSA) is 491 Å². The van der Waals surface area contributed by atoms with Crippen LogP contribution in [0.4, 0.5) is 0 Å². The van der Waals surface area contributed by atoms with Gasteiger partial charge in [0.15, 0.2) is 18.9 Å². The lowest BCUT2D eigenvalue weighted by Crippen LogP contribution is -2.55. The number of likely N-dealkylation sites (tertiary alicyclic amines) is 3. The Bertz CT molecular complexity index is 2630. The number of unbranched alkanes of at least 4 members (excludes halogenated alkanes) is 3. The number of Topliss-reactive ketones (excluding diaryl/α,β-unsaturated/α-hetero) is 3. The molecule has 6 heterocycles. The third-order valence-corrected chi connectivity index (χ3v) is 21.5. The van der Waals surface area contributed by atoms with Crippen molar-refractivity contribution in [2.24, 2.45) is 17.8 Å². The van der Waals surface area contributed by atoms with Crippen molar-refractivity contribution in [2.45, 2.75) is 266 Å². The van der Waals surface area contributed by atoms with Crippen LogP contribution >= 0.6 is 15.6 Å². The Kier molecular flexibility index (Phi) is 36.4. The molecule has 578 valence electrons. The van der Waals surface area contributed by atoms with Gasteiger partial charge in [-0.1, -0.05) is 20.8 Å². The predicted octanol–water partition coefficient (Wildman–Crippen LogP) is -0.195. The summed E-state index contributed by atoms with van der Waals surface area (Å²) in [5.74, 6) is -3.24. The van der Waals surface area contributed by atoms with Crippen LogP contribution in [0.1, 0.15) is 156 Å². The summed E-state index contributed by atoms with van der Waals surface area (Å²) in [6.45, 7) is 2.06. The maximum absolute atomic E-state index is 14.0. The van der Waals surface area contributed by atoms with Gasteiger partial charge in [-0.15, -0.1) is 0 Å². The van der Waals surface area contributed by atoms with Gasteiger partial charge < -0.3 is 109 Å². The quantitative estimate of drug-likeness (QED) is 0.0278. The predicted molar refractivity (Wildman–Crippen MR) is 346 cm³/mol. The van der Waals surface area contributed by atoms with Gasteiger partial charge in [0.1, 0.15) is 54.0 Å². The van der Waals surface area contributed by atoms with Gasteiger partial charge in [0.25, 0.3) is 0 Å². The van der Waals surface area contributed by atoms with Crippen molar-refractivity contribution in [1.29, 1.82) is 0 Å². The molecule has 6 saturated heterocycles. The molecule has 0 aromatic heterocycles. The fourth-order valence-electron chi connectivity index (χ4n) is 13.4. The zero-order valence-electron chi connectivity index (χ0n) is 57.8. The number of nitrogens with zero attached hydrogens (tertiary/aromatic N) is 3. The molecule has 36 heteroatoms. The van der Waals surface area contributed by atoms with Gasteiger partial charge in [-0.3, -0.25) is 46.9 Å². The van der Waals surface area contributed by atoms with Crippen LogP contribution in [0.2, 0.25) is 0 Å². The zero-order chi connectivity index (χ0) is 73.4. The van der Waals surface area contributed by atoms with E-state index in [0.29, 0.717) is 44.9 Å². The standard InChI is InChI=1S/C64H111N3O31P2/c1-38-56(78)59(81)50(32-68)94-62(38)89-23-11-17-44(71)14-5-8-20-53(75)65-29-47(74)26-41(65)36-92-99(84,85)98-49-28-43(67(31-49)55(77)22-10-7-16-46(73)19-13-25-91-64-40(3)58(80)61(83)52(34-70)96-64)37-93-100(86,87)97-48-27-42(35-88-4)66(30-48)54(76)21-9-6-15-45(72)18-12-24-90-63-39(2)57(79)60(82)51(33-69)95-63/h38-43,47-52,56-64,68-70,74,78-83H,5-37H2,1-4H3,(H,84,85)(H,86,87)/t38?,39?,40?,41-,42-,43-,47+,48?,49+,50?,51?,52?,56+,57+,58+,59-,60-,61-,62+,63+,64+/m0/s1.